The van der Waals surface area contributed by atoms with Crippen molar-refractivity contribution in [1.29, 1.82) is 5.26 Å². The molecule has 0 aromatic heterocycles. The van der Waals surface area contributed by atoms with Gasteiger partial charge in [0.1, 0.15) is 5.75 Å². The Morgan fingerprint density at radius 2 is 1.79 bits per heavy atom. The fraction of sp³-hybridized carbons (Fsp3) is 0.238. The van der Waals surface area contributed by atoms with Gasteiger partial charge in [0.05, 0.1) is 18.2 Å². The van der Waals surface area contributed by atoms with E-state index in [9.17, 15) is 4.79 Å². The average Bonchev–Trinajstić information content (AvgIpc) is 2.60. The van der Waals surface area contributed by atoms with Crippen molar-refractivity contribution in [3.8, 4) is 11.8 Å². The van der Waals surface area contributed by atoms with Gasteiger partial charge in [-0.25, -0.2) is 0 Å². The van der Waals surface area contributed by atoms with Gasteiger partial charge in [-0.3, -0.25) is 4.79 Å². The van der Waals surface area contributed by atoms with Crippen molar-refractivity contribution < 1.29 is 9.53 Å². The summed E-state index contributed by atoms with van der Waals surface area (Å²) in [5, 5.41) is 8.76. The van der Waals surface area contributed by atoms with Gasteiger partial charge in [0.15, 0.2) is 5.78 Å². The molecule has 0 unspecified atom stereocenters. The van der Waals surface area contributed by atoms with E-state index < -0.39 is 0 Å². The third kappa shape index (κ3) is 5.40. The standard InChI is InChI=1S/C21H21NO2/c1-16(2)13-14-24-20-10-5-17(6-11-20)7-12-21(23)19-8-3-18(15-22)4-9-19/h3-12,16H,13-14H2,1-2H3. The topological polar surface area (TPSA) is 50.1 Å². The summed E-state index contributed by atoms with van der Waals surface area (Å²) >= 11 is 0. The van der Waals surface area contributed by atoms with Crippen LogP contribution in [0.4, 0.5) is 0 Å². The lowest BCUT2D eigenvalue weighted by atomic mass is 10.1. The highest BCUT2D eigenvalue weighted by molar-refractivity contribution is 6.06. The van der Waals surface area contributed by atoms with Crippen LogP contribution < -0.4 is 4.74 Å². The Labute approximate surface area is 143 Å². The number of carbonyl (C=O) groups is 1. The summed E-state index contributed by atoms with van der Waals surface area (Å²) in [4.78, 5) is 12.1. The lowest BCUT2D eigenvalue weighted by Gasteiger charge is -2.08. The van der Waals surface area contributed by atoms with Crippen molar-refractivity contribution >= 4 is 11.9 Å². The Morgan fingerprint density at radius 3 is 2.38 bits per heavy atom. The normalized spacial score (nSPS) is 10.8. The van der Waals surface area contributed by atoms with Gasteiger partial charge in [0, 0.05) is 5.56 Å². The number of benzene rings is 2. The van der Waals surface area contributed by atoms with Crippen molar-refractivity contribution in [3.63, 3.8) is 0 Å². The summed E-state index contributed by atoms with van der Waals surface area (Å²) in [5.41, 5.74) is 2.05. The molecule has 0 aliphatic rings. The molecule has 3 heteroatoms. The number of ketones is 1. The minimum Gasteiger partial charge on any atom is -0.494 e. The molecule has 0 radical (unpaired) electrons. The van der Waals surface area contributed by atoms with Gasteiger partial charge in [-0.1, -0.05) is 32.1 Å². The van der Waals surface area contributed by atoms with E-state index in [1.54, 1.807) is 30.3 Å². The molecule has 0 saturated heterocycles. The fourth-order valence-corrected chi connectivity index (χ4v) is 2.06. The first-order valence-electron chi connectivity index (χ1n) is 8.04. The number of nitriles is 1. The minimum absolute atomic E-state index is 0.0863. The van der Waals surface area contributed by atoms with Crippen LogP contribution in [0.2, 0.25) is 0 Å². The van der Waals surface area contributed by atoms with E-state index in [0.717, 1.165) is 17.7 Å². The minimum atomic E-state index is -0.0863. The molecule has 2 aromatic carbocycles. The van der Waals surface area contributed by atoms with E-state index in [1.165, 1.54) is 6.08 Å². The maximum Gasteiger partial charge on any atom is 0.185 e. The molecule has 24 heavy (non-hydrogen) atoms. The van der Waals surface area contributed by atoms with E-state index in [1.807, 2.05) is 30.3 Å². The third-order valence-electron chi connectivity index (χ3n) is 3.57. The molecule has 0 saturated carbocycles. The zero-order chi connectivity index (χ0) is 17.4. The summed E-state index contributed by atoms with van der Waals surface area (Å²) in [7, 11) is 0. The first-order valence-corrected chi connectivity index (χ1v) is 8.04. The SMILES string of the molecule is CC(C)CCOc1ccc(C=CC(=O)c2ccc(C#N)cc2)cc1. The van der Waals surface area contributed by atoms with Crippen LogP contribution in [0, 0.1) is 17.2 Å². The highest BCUT2D eigenvalue weighted by Gasteiger charge is 2.02. The molecule has 0 bridgehead atoms. The second-order valence-electron chi connectivity index (χ2n) is 5.99. The molecule has 122 valence electrons. The van der Waals surface area contributed by atoms with Gasteiger partial charge in [0.2, 0.25) is 0 Å². The van der Waals surface area contributed by atoms with E-state index >= 15 is 0 Å². The number of hydrogen-bond donors (Lipinski definition) is 0. The molecule has 0 aliphatic heterocycles. The molecule has 0 aliphatic carbocycles. The number of rotatable bonds is 7. The Morgan fingerprint density at radius 1 is 1.12 bits per heavy atom. The van der Waals surface area contributed by atoms with Crippen LogP contribution >= 0.6 is 0 Å². The Kier molecular flexibility index (Phi) is 6.33. The van der Waals surface area contributed by atoms with Crippen molar-refractivity contribution in [1.82, 2.24) is 0 Å². The smallest absolute Gasteiger partial charge is 0.185 e. The predicted molar refractivity (Wildman–Crippen MR) is 95.9 cm³/mol. The van der Waals surface area contributed by atoms with Crippen molar-refractivity contribution in [2.45, 2.75) is 20.3 Å². The molecule has 0 N–H and O–H groups in total. The average molecular weight is 319 g/mol. The number of hydrogen-bond acceptors (Lipinski definition) is 3. The van der Waals surface area contributed by atoms with E-state index in [0.29, 0.717) is 23.7 Å². The Bertz CT molecular complexity index is 735. The molecular weight excluding hydrogens is 298 g/mol. The molecule has 0 spiro atoms. The van der Waals surface area contributed by atoms with Crippen LogP contribution in [0.15, 0.2) is 54.6 Å². The number of carbonyl (C=O) groups excluding carboxylic acids is 1. The molecule has 2 aromatic rings. The molecule has 0 amide bonds. The van der Waals surface area contributed by atoms with Gasteiger partial charge in [0.25, 0.3) is 0 Å². The molecular formula is C21H21NO2. The van der Waals surface area contributed by atoms with E-state index in [4.69, 9.17) is 10.00 Å². The van der Waals surface area contributed by atoms with Crippen molar-refractivity contribution in [2.24, 2.45) is 5.92 Å². The number of allylic oxidation sites excluding steroid dienone is 1. The molecule has 3 nitrogen and oxygen atoms in total. The van der Waals surface area contributed by atoms with Gasteiger partial charge in [-0.15, -0.1) is 0 Å². The fourth-order valence-electron chi connectivity index (χ4n) is 2.06. The second kappa shape index (κ2) is 8.69. The van der Waals surface area contributed by atoms with E-state index in [2.05, 4.69) is 13.8 Å². The Balaban J connectivity index is 1.93. The van der Waals surface area contributed by atoms with Crippen LogP contribution in [-0.4, -0.2) is 12.4 Å². The third-order valence-corrected chi connectivity index (χ3v) is 3.57. The maximum atomic E-state index is 12.1. The summed E-state index contributed by atoms with van der Waals surface area (Å²) in [6.45, 7) is 5.05. The maximum absolute atomic E-state index is 12.1. The van der Waals surface area contributed by atoms with Gasteiger partial charge in [-0.05, 0) is 60.4 Å². The summed E-state index contributed by atoms with van der Waals surface area (Å²) in [6.07, 6.45) is 4.34. The largest absolute Gasteiger partial charge is 0.494 e. The molecule has 0 heterocycles. The molecule has 0 fully saturated rings. The summed E-state index contributed by atoms with van der Waals surface area (Å²) in [5.74, 6) is 1.38. The van der Waals surface area contributed by atoms with E-state index in [-0.39, 0.29) is 5.78 Å². The Hall–Kier alpha value is -2.86. The van der Waals surface area contributed by atoms with Crippen LogP contribution in [0.5, 0.6) is 5.75 Å². The zero-order valence-corrected chi connectivity index (χ0v) is 14.0. The highest BCUT2D eigenvalue weighted by atomic mass is 16.5. The van der Waals surface area contributed by atoms with Crippen LogP contribution in [-0.2, 0) is 0 Å². The summed E-state index contributed by atoms with van der Waals surface area (Å²) < 4.78 is 5.67. The molecule has 0 atom stereocenters. The van der Waals surface area contributed by atoms with Crippen molar-refractivity contribution in [3.05, 3.63) is 71.3 Å². The first kappa shape index (κ1) is 17.5. The summed E-state index contributed by atoms with van der Waals surface area (Å²) in [6, 6.07) is 16.3. The van der Waals surface area contributed by atoms with Crippen LogP contribution in [0.3, 0.4) is 0 Å². The second-order valence-corrected chi connectivity index (χ2v) is 5.99. The number of nitrogens with zero attached hydrogens (tertiary/aromatic N) is 1. The zero-order valence-electron chi connectivity index (χ0n) is 14.0. The monoisotopic (exact) mass is 319 g/mol. The number of ether oxygens (including phenoxy) is 1. The highest BCUT2D eigenvalue weighted by Crippen LogP contribution is 2.15. The lowest BCUT2D eigenvalue weighted by Crippen LogP contribution is -2.01. The quantitative estimate of drug-likeness (QED) is 0.540. The van der Waals surface area contributed by atoms with Gasteiger partial charge >= 0.3 is 0 Å². The predicted octanol–water partition coefficient (Wildman–Crippen LogP) is 4.88. The lowest BCUT2D eigenvalue weighted by molar-refractivity contribution is 0.104. The van der Waals surface area contributed by atoms with Crippen LogP contribution in [0.25, 0.3) is 6.08 Å². The van der Waals surface area contributed by atoms with Crippen LogP contribution in [0.1, 0.15) is 41.8 Å². The van der Waals surface area contributed by atoms with Crippen molar-refractivity contribution in [2.75, 3.05) is 6.61 Å². The van der Waals surface area contributed by atoms with Gasteiger partial charge < -0.3 is 4.74 Å². The first-order chi connectivity index (χ1) is 11.6. The van der Waals surface area contributed by atoms with Gasteiger partial charge in [-0.2, -0.15) is 5.26 Å². The molecule has 2 rings (SSSR count).